The number of amides is 2. The smallest absolute Gasteiger partial charge is 0.322 e. The van der Waals surface area contributed by atoms with Crippen molar-refractivity contribution in [1.29, 1.82) is 0 Å². The summed E-state index contributed by atoms with van der Waals surface area (Å²) < 4.78 is 1.76. The molecule has 0 spiro atoms. The van der Waals surface area contributed by atoms with Crippen LogP contribution in [0, 0.1) is 0 Å². The van der Waals surface area contributed by atoms with E-state index < -0.39 is 0 Å². The van der Waals surface area contributed by atoms with Gasteiger partial charge in [0.15, 0.2) is 0 Å². The number of piperazine rings is 1. The van der Waals surface area contributed by atoms with Gasteiger partial charge in [0.1, 0.15) is 5.82 Å². The zero-order chi connectivity index (χ0) is 19.0. The monoisotopic (exact) mass is 365 g/mol. The third-order valence-corrected chi connectivity index (χ3v) is 5.09. The van der Waals surface area contributed by atoms with E-state index >= 15 is 0 Å². The molecule has 140 valence electrons. The van der Waals surface area contributed by atoms with Crippen LogP contribution in [0.5, 0.6) is 0 Å². The topological polar surface area (TPSA) is 79.2 Å². The van der Waals surface area contributed by atoms with E-state index in [4.69, 9.17) is 0 Å². The molecule has 3 aromatic heterocycles. The van der Waals surface area contributed by atoms with Gasteiger partial charge in [0.05, 0.1) is 17.9 Å². The number of nitrogens with one attached hydrogen (secondary N) is 1. The third-order valence-electron chi connectivity index (χ3n) is 5.09. The molecule has 2 amide bonds. The minimum atomic E-state index is -0.113. The van der Waals surface area contributed by atoms with Gasteiger partial charge in [0.2, 0.25) is 0 Å². The van der Waals surface area contributed by atoms with Gasteiger partial charge in [0.25, 0.3) is 0 Å². The second-order valence-corrected chi connectivity index (χ2v) is 7.09. The van der Waals surface area contributed by atoms with Crippen LogP contribution in [0.2, 0.25) is 0 Å². The molecule has 1 fully saturated rings. The molecule has 4 heterocycles. The van der Waals surface area contributed by atoms with Crippen molar-refractivity contribution in [3.63, 3.8) is 0 Å². The summed E-state index contributed by atoms with van der Waals surface area (Å²) in [7, 11) is 3.96. The molecule has 1 saturated heterocycles. The van der Waals surface area contributed by atoms with Crippen molar-refractivity contribution in [2.24, 2.45) is 7.05 Å². The summed E-state index contributed by atoms with van der Waals surface area (Å²) in [5.74, 6) is 0.532. The highest BCUT2D eigenvalue weighted by Crippen LogP contribution is 2.23. The Morgan fingerprint density at radius 2 is 1.96 bits per heavy atom. The lowest BCUT2D eigenvalue weighted by Crippen LogP contribution is -2.53. The summed E-state index contributed by atoms with van der Waals surface area (Å²) in [5, 5.41) is 8.04. The summed E-state index contributed by atoms with van der Waals surface area (Å²) in [6.45, 7) is 4.42. The normalized spacial score (nSPS) is 18.0. The van der Waals surface area contributed by atoms with Gasteiger partial charge in [0, 0.05) is 61.6 Å². The van der Waals surface area contributed by atoms with E-state index in [1.807, 2.05) is 36.5 Å². The number of pyridine rings is 2. The molecule has 0 bridgehead atoms. The van der Waals surface area contributed by atoms with Crippen LogP contribution in [0.15, 0.2) is 36.9 Å². The lowest BCUT2D eigenvalue weighted by molar-refractivity contribution is 0.125. The zero-order valence-corrected chi connectivity index (χ0v) is 15.8. The Morgan fingerprint density at radius 1 is 1.11 bits per heavy atom. The van der Waals surface area contributed by atoms with Gasteiger partial charge < -0.3 is 9.80 Å². The molecular weight excluding hydrogens is 342 g/mol. The Bertz CT molecular complexity index is 983. The first kappa shape index (κ1) is 17.4. The maximum Gasteiger partial charge on any atom is 0.323 e. The van der Waals surface area contributed by atoms with Crippen molar-refractivity contribution >= 4 is 22.8 Å². The molecule has 3 aromatic rings. The molecule has 1 atom stereocenters. The molecule has 0 unspecified atom stereocenters. The Labute approximate surface area is 157 Å². The molecule has 27 heavy (non-hydrogen) atoms. The number of likely N-dealkylation sites (N-methyl/N-ethyl adjacent to an activating group) is 1. The lowest BCUT2D eigenvalue weighted by atomic mass is 10.1. The van der Waals surface area contributed by atoms with Gasteiger partial charge in [-0.2, -0.15) is 5.10 Å². The van der Waals surface area contributed by atoms with Crippen molar-refractivity contribution in [3.05, 3.63) is 36.9 Å². The molecular formula is C19H23N7O. The minimum Gasteiger partial charge on any atom is -0.322 e. The molecule has 1 aliphatic rings. The summed E-state index contributed by atoms with van der Waals surface area (Å²) in [6, 6.07) is 4.13. The van der Waals surface area contributed by atoms with E-state index in [1.165, 1.54) is 0 Å². The predicted molar refractivity (Wildman–Crippen MR) is 104 cm³/mol. The first-order valence-corrected chi connectivity index (χ1v) is 9.00. The fourth-order valence-electron chi connectivity index (χ4n) is 3.25. The second kappa shape index (κ2) is 6.96. The SMILES string of the molecule is C[C@@H]1CN(C(=O)Nc2cc3cc(-c4cnn(C)c4)cnc3cn2)CCN1C. The van der Waals surface area contributed by atoms with Crippen LogP contribution in [0.3, 0.4) is 0 Å². The molecule has 0 aliphatic carbocycles. The third kappa shape index (κ3) is 3.61. The highest BCUT2D eigenvalue weighted by Gasteiger charge is 2.24. The predicted octanol–water partition coefficient (Wildman–Crippen LogP) is 2.20. The van der Waals surface area contributed by atoms with Gasteiger partial charge in [-0.25, -0.2) is 9.78 Å². The van der Waals surface area contributed by atoms with Crippen molar-refractivity contribution in [2.45, 2.75) is 13.0 Å². The molecule has 8 heteroatoms. The Hall–Kier alpha value is -3.00. The summed E-state index contributed by atoms with van der Waals surface area (Å²) in [6.07, 6.45) is 7.25. The standard InChI is InChI=1S/C19H23N7O/c1-13-11-26(5-4-24(13)2)19(27)23-18-7-14-6-15(8-20-17(14)10-21-18)16-9-22-25(3)12-16/h6-10,12-13H,4-5,11H2,1-3H3,(H,21,23,27)/t13-/m1/s1. The number of hydrogen-bond acceptors (Lipinski definition) is 5. The van der Waals surface area contributed by atoms with Crippen LogP contribution < -0.4 is 5.32 Å². The first-order chi connectivity index (χ1) is 13.0. The van der Waals surface area contributed by atoms with Gasteiger partial charge in [-0.3, -0.25) is 15.0 Å². The van der Waals surface area contributed by atoms with Crippen LogP contribution in [0.4, 0.5) is 10.6 Å². The zero-order valence-electron chi connectivity index (χ0n) is 15.8. The summed E-state index contributed by atoms with van der Waals surface area (Å²) >= 11 is 0. The van der Waals surface area contributed by atoms with Gasteiger partial charge in [-0.05, 0) is 26.1 Å². The number of aromatic nitrogens is 4. The number of aryl methyl sites for hydroxylation is 1. The van der Waals surface area contributed by atoms with Crippen LogP contribution in [0.25, 0.3) is 22.0 Å². The molecule has 0 saturated carbocycles. The fourth-order valence-corrected chi connectivity index (χ4v) is 3.25. The second-order valence-electron chi connectivity index (χ2n) is 7.09. The highest BCUT2D eigenvalue weighted by molar-refractivity contribution is 5.92. The first-order valence-electron chi connectivity index (χ1n) is 9.00. The van der Waals surface area contributed by atoms with Crippen molar-refractivity contribution in [3.8, 4) is 11.1 Å². The van der Waals surface area contributed by atoms with Gasteiger partial charge >= 0.3 is 6.03 Å². The fraction of sp³-hybridized carbons (Fsp3) is 0.368. The van der Waals surface area contributed by atoms with Crippen LogP contribution in [-0.2, 0) is 7.05 Å². The average Bonchev–Trinajstić information content (AvgIpc) is 3.09. The molecule has 4 rings (SSSR count). The Balaban J connectivity index is 1.54. The van der Waals surface area contributed by atoms with E-state index in [-0.39, 0.29) is 6.03 Å². The lowest BCUT2D eigenvalue weighted by Gasteiger charge is -2.37. The van der Waals surface area contributed by atoms with Crippen molar-refractivity contribution in [1.82, 2.24) is 29.5 Å². The van der Waals surface area contributed by atoms with Crippen molar-refractivity contribution < 1.29 is 4.79 Å². The van der Waals surface area contributed by atoms with E-state index in [9.17, 15) is 4.79 Å². The number of carbonyl (C=O) groups excluding carboxylic acids is 1. The van der Waals surface area contributed by atoms with E-state index in [2.05, 4.69) is 39.3 Å². The van der Waals surface area contributed by atoms with Crippen LogP contribution in [-0.4, -0.2) is 68.3 Å². The van der Waals surface area contributed by atoms with Gasteiger partial charge in [-0.15, -0.1) is 0 Å². The molecule has 0 aromatic carbocycles. The van der Waals surface area contributed by atoms with E-state index in [0.717, 1.165) is 28.6 Å². The summed E-state index contributed by atoms with van der Waals surface area (Å²) in [5.41, 5.74) is 2.77. The molecule has 8 nitrogen and oxygen atoms in total. The number of nitrogens with zero attached hydrogens (tertiary/aromatic N) is 6. The molecule has 1 N–H and O–H groups in total. The minimum absolute atomic E-state index is 0.113. The van der Waals surface area contributed by atoms with E-state index in [1.54, 1.807) is 17.1 Å². The highest BCUT2D eigenvalue weighted by atomic mass is 16.2. The maximum absolute atomic E-state index is 12.6. The number of hydrogen-bond donors (Lipinski definition) is 1. The maximum atomic E-state index is 12.6. The molecule has 1 aliphatic heterocycles. The number of fused-ring (bicyclic) bond motifs is 1. The number of rotatable bonds is 2. The van der Waals surface area contributed by atoms with Gasteiger partial charge in [-0.1, -0.05) is 0 Å². The number of urea groups is 1. The average molecular weight is 365 g/mol. The van der Waals surface area contributed by atoms with Crippen molar-refractivity contribution in [2.75, 3.05) is 32.0 Å². The number of anilines is 1. The molecule has 0 radical (unpaired) electrons. The number of carbonyl (C=O) groups is 1. The Kier molecular flexibility index (Phi) is 4.49. The van der Waals surface area contributed by atoms with E-state index in [0.29, 0.717) is 24.9 Å². The summed E-state index contributed by atoms with van der Waals surface area (Å²) in [4.78, 5) is 25.5. The van der Waals surface area contributed by atoms with Crippen LogP contribution >= 0.6 is 0 Å². The largest absolute Gasteiger partial charge is 0.323 e. The quantitative estimate of drug-likeness (QED) is 0.753. The Morgan fingerprint density at radius 3 is 2.70 bits per heavy atom. The van der Waals surface area contributed by atoms with Crippen LogP contribution in [0.1, 0.15) is 6.92 Å².